The van der Waals surface area contributed by atoms with Crippen LogP contribution in [0.3, 0.4) is 0 Å². The number of halogens is 2. The zero-order valence-electron chi connectivity index (χ0n) is 26.0. The van der Waals surface area contributed by atoms with Crippen molar-refractivity contribution in [2.75, 3.05) is 11.9 Å². The largest absolute Gasteiger partial charge is 0.421 e. The fourth-order valence-electron chi connectivity index (χ4n) is 7.46. The average molecular weight is 678 g/mol. The van der Waals surface area contributed by atoms with E-state index in [4.69, 9.17) is 26.0 Å². The van der Waals surface area contributed by atoms with Crippen molar-refractivity contribution in [2.45, 2.75) is 57.5 Å². The summed E-state index contributed by atoms with van der Waals surface area (Å²) >= 11 is 7.81. The second-order valence-electron chi connectivity index (χ2n) is 12.6. The number of nitrogens with zero attached hydrogens (tertiary/aromatic N) is 6. The third-order valence-corrected chi connectivity index (χ3v) is 11.0. The summed E-state index contributed by atoms with van der Waals surface area (Å²) in [7, 11) is 0. The molecule has 0 saturated carbocycles. The van der Waals surface area contributed by atoms with E-state index in [0.29, 0.717) is 47.3 Å². The molecule has 1 aromatic carbocycles. The summed E-state index contributed by atoms with van der Waals surface area (Å²) < 4.78 is 20.8. The molecule has 1 fully saturated rings. The Kier molecular flexibility index (Phi) is 7.01. The number of hydrogen-bond donors (Lipinski definition) is 1. The number of anilines is 1. The maximum Gasteiger partial charge on any atom is 0.257 e. The van der Waals surface area contributed by atoms with E-state index in [-0.39, 0.29) is 23.8 Å². The summed E-state index contributed by atoms with van der Waals surface area (Å²) in [5.41, 5.74) is 6.77. The van der Waals surface area contributed by atoms with Crippen molar-refractivity contribution in [1.82, 2.24) is 30.0 Å². The number of carbonyl (C=O) groups excluding carboxylic acids is 1. The average Bonchev–Trinajstić information content (AvgIpc) is 3.92. The van der Waals surface area contributed by atoms with E-state index >= 15 is 0 Å². The lowest BCUT2D eigenvalue weighted by molar-refractivity contribution is 0.0776. The van der Waals surface area contributed by atoms with Crippen LogP contribution in [0.25, 0.3) is 32.0 Å². The lowest BCUT2D eigenvalue weighted by Crippen LogP contribution is -2.22. The summed E-state index contributed by atoms with van der Waals surface area (Å²) in [5, 5.41) is 13.9. The van der Waals surface area contributed by atoms with Gasteiger partial charge in [-0.15, -0.1) is 21.5 Å². The van der Waals surface area contributed by atoms with E-state index < -0.39 is 0 Å². The molecule has 1 unspecified atom stereocenters. The van der Waals surface area contributed by atoms with Gasteiger partial charge in [0.25, 0.3) is 5.91 Å². The molecule has 1 N–H and O–H groups in total. The lowest BCUT2D eigenvalue weighted by Gasteiger charge is -2.16. The number of fused-ring (bicyclic) bond motifs is 5. The summed E-state index contributed by atoms with van der Waals surface area (Å²) in [6, 6.07) is 12.6. The van der Waals surface area contributed by atoms with E-state index in [0.717, 1.165) is 80.2 Å². The Hall–Kier alpha value is -4.74. The van der Waals surface area contributed by atoms with E-state index in [1.807, 2.05) is 17.0 Å². The minimum Gasteiger partial charge on any atom is -0.421 e. The van der Waals surface area contributed by atoms with Gasteiger partial charge in [0.15, 0.2) is 0 Å². The highest BCUT2D eigenvalue weighted by Crippen LogP contribution is 2.50. The number of pyridine rings is 3. The smallest absolute Gasteiger partial charge is 0.257 e. The number of thiophene rings is 1. The van der Waals surface area contributed by atoms with Gasteiger partial charge in [-0.2, -0.15) is 0 Å². The first-order valence-corrected chi connectivity index (χ1v) is 17.3. The van der Waals surface area contributed by atoms with E-state index in [2.05, 4.69) is 26.6 Å². The number of nitrogens with one attached hydrogen (secondary N) is 1. The van der Waals surface area contributed by atoms with Gasteiger partial charge >= 0.3 is 0 Å². The van der Waals surface area contributed by atoms with Gasteiger partial charge in [0.2, 0.25) is 11.8 Å². The number of carbonyl (C=O) groups is 1. The van der Waals surface area contributed by atoms with Gasteiger partial charge in [0.05, 0.1) is 50.0 Å². The minimum absolute atomic E-state index is 0.00911. The molecule has 12 heteroatoms. The summed E-state index contributed by atoms with van der Waals surface area (Å²) in [6.45, 7) is 2.45. The molecule has 0 spiro atoms. The highest BCUT2D eigenvalue weighted by molar-refractivity contribution is 7.23. The highest BCUT2D eigenvalue weighted by Gasteiger charge is 2.45. The monoisotopic (exact) mass is 677 g/mol. The molecule has 6 aromatic rings. The number of benzene rings is 1. The molecule has 240 valence electrons. The Balaban J connectivity index is 1.21. The van der Waals surface area contributed by atoms with Crippen molar-refractivity contribution in [1.29, 1.82) is 0 Å². The van der Waals surface area contributed by atoms with Gasteiger partial charge < -0.3 is 14.6 Å². The SMILES string of the molecule is Cc1nnc(-c2c(CCc3ccc(F)cc3)nc3c(c2-c2cc4ccnc(N[C@H]5CCc6cc(Cl)cnc65)c4s2)C(=O)N2CCCC32)o1. The van der Waals surface area contributed by atoms with E-state index in [1.54, 1.807) is 42.8 Å². The van der Waals surface area contributed by atoms with Crippen molar-refractivity contribution in [3.05, 3.63) is 105 Å². The summed E-state index contributed by atoms with van der Waals surface area (Å²) in [6.07, 6.45) is 8.26. The quantitative estimate of drug-likeness (QED) is 0.181. The Labute approximate surface area is 284 Å². The van der Waals surface area contributed by atoms with E-state index in [9.17, 15) is 9.18 Å². The molecule has 2 aliphatic heterocycles. The Bertz CT molecular complexity index is 2250. The van der Waals surface area contributed by atoms with Gasteiger partial charge in [-0.25, -0.2) is 9.37 Å². The molecule has 1 amide bonds. The maximum atomic E-state index is 14.2. The Morgan fingerprint density at radius 2 is 1.92 bits per heavy atom. The normalized spacial score (nSPS) is 18.1. The molecule has 0 bridgehead atoms. The maximum absolute atomic E-state index is 14.2. The molecule has 7 heterocycles. The fraction of sp³-hybridized carbons (Fsp3) is 0.278. The molecule has 0 radical (unpaired) electrons. The predicted octanol–water partition coefficient (Wildman–Crippen LogP) is 8.08. The molecule has 1 aliphatic carbocycles. The van der Waals surface area contributed by atoms with Crippen molar-refractivity contribution < 1.29 is 13.6 Å². The van der Waals surface area contributed by atoms with Crippen molar-refractivity contribution in [2.24, 2.45) is 0 Å². The van der Waals surface area contributed by atoms with Crippen LogP contribution in [0.4, 0.5) is 10.2 Å². The van der Waals surface area contributed by atoms with Gasteiger partial charge in [-0.3, -0.25) is 14.8 Å². The number of hydrogen-bond acceptors (Lipinski definition) is 9. The molecule has 9 rings (SSSR count). The predicted molar refractivity (Wildman–Crippen MR) is 182 cm³/mol. The Morgan fingerprint density at radius 3 is 2.75 bits per heavy atom. The number of aryl methyl sites for hydroxylation is 4. The van der Waals surface area contributed by atoms with Gasteiger partial charge in [-0.05, 0) is 85.4 Å². The number of aromatic nitrogens is 5. The van der Waals surface area contributed by atoms with Crippen LogP contribution in [0.5, 0.6) is 0 Å². The van der Waals surface area contributed by atoms with Crippen molar-refractivity contribution in [3.63, 3.8) is 0 Å². The third-order valence-electron chi connectivity index (χ3n) is 9.64. The lowest BCUT2D eigenvalue weighted by atomic mass is 9.93. The topological polar surface area (TPSA) is 110 Å². The molecule has 48 heavy (non-hydrogen) atoms. The third kappa shape index (κ3) is 4.86. The van der Waals surface area contributed by atoms with Gasteiger partial charge in [0.1, 0.15) is 11.6 Å². The van der Waals surface area contributed by atoms with Crippen molar-refractivity contribution >= 4 is 44.7 Å². The fourth-order valence-corrected chi connectivity index (χ4v) is 8.80. The molecule has 5 aromatic heterocycles. The van der Waals surface area contributed by atoms with Crippen LogP contribution in [0.2, 0.25) is 5.02 Å². The second kappa shape index (κ2) is 11.5. The molecule has 3 aliphatic rings. The van der Waals surface area contributed by atoms with Crippen LogP contribution >= 0.6 is 22.9 Å². The first-order valence-electron chi connectivity index (χ1n) is 16.1. The molecular formula is C36H29ClFN7O2S. The van der Waals surface area contributed by atoms with Crippen LogP contribution in [-0.2, 0) is 19.3 Å². The van der Waals surface area contributed by atoms with Gasteiger partial charge in [-0.1, -0.05) is 23.7 Å². The van der Waals surface area contributed by atoms with Crippen LogP contribution in [0.15, 0.2) is 59.3 Å². The number of rotatable bonds is 7. The minimum atomic E-state index is -0.274. The zero-order chi connectivity index (χ0) is 32.5. The molecule has 1 saturated heterocycles. The first kappa shape index (κ1) is 29.4. The molecule has 9 nitrogen and oxygen atoms in total. The summed E-state index contributed by atoms with van der Waals surface area (Å²) in [4.78, 5) is 31.7. The Morgan fingerprint density at radius 1 is 1.04 bits per heavy atom. The van der Waals surface area contributed by atoms with Crippen LogP contribution in [0, 0.1) is 12.7 Å². The molecular weight excluding hydrogens is 649 g/mol. The first-order chi connectivity index (χ1) is 23.4. The van der Waals surface area contributed by atoms with Crippen LogP contribution in [0.1, 0.15) is 75.8 Å². The number of amides is 1. The van der Waals surface area contributed by atoms with Crippen LogP contribution in [-0.4, -0.2) is 42.5 Å². The highest BCUT2D eigenvalue weighted by atomic mass is 35.5. The zero-order valence-corrected chi connectivity index (χ0v) is 27.5. The van der Waals surface area contributed by atoms with Gasteiger partial charge in [0, 0.05) is 36.3 Å². The standard InChI is InChI=1S/C36H29ClFN7O2S/c1-18-43-44-35(47-18)28-24(10-6-19-4-8-23(38)9-5-19)41-32-26-3-2-14-45(26)36(46)30(32)29(28)27-16-21-12-13-39-34(33(21)48-27)42-25-11-7-20-15-22(37)17-40-31(20)25/h4-5,8-9,12-13,15-17,25-26H,2-3,6-7,10-11,14H2,1H3,(H,39,42)/t25-,26?/m0/s1. The van der Waals surface area contributed by atoms with Crippen LogP contribution < -0.4 is 5.32 Å². The molecule has 2 atom stereocenters. The van der Waals surface area contributed by atoms with E-state index in [1.165, 1.54) is 12.1 Å². The van der Waals surface area contributed by atoms with Crippen molar-refractivity contribution in [3.8, 4) is 21.9 Å². The summed E-state index contributed by atoms with van der Waals surface area (Å²) in [5.74, 6) is 1.23. The second-order valence-corrected chi connectivity index (χ2v) is 14.1.